The van der Waals surface area contributed by atoms with Crippen LogP contribution in [0.5, 0.6) is 0 Å². The van der Waals surface area contributed by atoms with Gasteiger partial charge >= 0.3 is 0 Å². The van der Waals surface area contributed by atoms with E-state index in [1.165, 1.54) is 11.3 Å². The number of alkyl halides is 1. The predicted octanol–water partition coefficient (Wildman–Crippen LogP) is 3.31. The zero-order valence-electron chi connectivity index (χ0n) is 13.6. The Kier molecular flexibility index (Phi) is 3.77. The predicted molar refractivity (Wildman–Crippen MR) is 98.8 cm³/mol. The minimum absolute atomic E-state index is 0.161. The van der Waals surface area contributed by atoms with Gasteiger partial charge in [-0.25, -0.2) is 14.4 Å². The number of hydrogen-bond acceptors (Lipinski definition) is 6. The van der Waals surface area contributed by atoms with Gasteiger partial charge in [0, 0.05) is 53.7 Å². The maximum absolute atomic E-state index is 13.2. The molecule has 4 rings (SSSR count). The van der Waals surface area contributed by atoms with E-state index in [0.29, 0.717) is 5.82 Å². The first kappa shape index (κ1) is 16.1. The fourth-order valence-corrected chi connectivity index (χ4v) is 4.20. The van der Waals surface area contributed by atoms with Crippen LogP contribution in [0.4, 0.5) is 10.2 Å². The molecule has 5 nitrogen and oxygen atoms in total. The summed E-state index contributed by atoms with van der Waals surface area (Å²) in [5, 5.41) is 11.4. The second kappa shape index (κ2) is 5.86. The van der Waals surface area contributed by atoms with E-state index in [-0.39, 0.29) is 12.8 Å². The Bertz CT molecular complexity index is 978. The van der Waals surface area contributed by atoms with Gasteiger partial charge in [0.1, 0.15) is 22.4 Å². The lowest BCUT2D eigenvalue weighted by Gasteiger charge is -2.38. The van der Waals surface area contributed by atoms with Crippen molar-refractivity contribution in [3.63, 3.8) is 0 Å². The van der Waals surface area contributed by atoms with Gasteiger partial charge in [-0.3, -0.25) is 4.99 Å². The molecule has 3 N–H and O–H groups in total. The van der Waals surface area contributed by atoms with Crippen molar-refractivity contribution in [3.8, 4) is 11.3 Å². The number of fused-ring (bicyclic) bond motifs is 1. The maximum atomic E-state index is 13.2. The van der Waals surface area contributed by atoms with E-state index < -0.39 is 11.8 Å². The molecule has 3 aromatic heterocycles. The number of nitrogen functional groups attached to an aromatic ring is 1. The van der Waals surface area contributed by atoms with Gasteiger partial charge in [-0.05, 0) is 24.3 Å². The quantitative estimate of drug-likeness (QED) is 0.705. The van der Waals surface area contributed by atoms with Gasteiger partial charge in [0.25, 0.3) is 0 Å². The lowest BCUT2D eigenvalue weighted by molar-refractivity contribution is -0.0865. The Morgan fingerprint density at radius 3 is 2.92 bits per heavy atom. The van der Waals surface area contributed by atoms with E-state index in [9.17, 15) is 9.50 Å². The molecule has 0 spiro atoms. The minimum Gasteiger partial charge on any atom is -0.384 e. The number of anilines is 1. The van der Waals surface area contributed by atoms with Crippen molar-refractivity contribution in [2.45, 2.75) is 24.6 Å². The summed E-state index contributed by atoms with van der Waals surface area (Å²) in [5.74, 6) is 0.418. The number of rotatable bonds is 3. The average molecular weight is 356 g/mol. The van der Waals surface area contributed by atoms with Crippen molar-refractivity contribution < 1.29 is 9.50 Å². The molecule has 3 heterocycles. The Morgan fingerprint density at radius 2 is 2.20 bits per heavy atom. The molecule has 0 atom stereocenters. The molecule has 1 aliphatic rings. The molecule has 0 radical (unpaired) electrons. The number of halogens is 1. The normalized spacial score (nSPS) is 23.2. The summed E-state index contributed by atoms with van der Waals surface area (Å²) in [6, 6.07) is 7.66. The van der Waals surface area contributed by atoms with E-state index >= 15 is 0 Å². The Morgan fingerprint density at radius 1 is 1.40 bits per heavy atom. The molecule has 3 aromatic rings. The summed E-state index contributed by atoms with van der Waals surface area (Å²) in [5.41, 5.74) is 7.15. The zero-order valence-corrected chi connectivity index (χ0v) is 14.4. The third kappa shape index (κ3) is 2.79. The van der Waals surface area contributed by atoms with Crippen molar-refractivity contribution in [1.82, 2.24) is 9.97 Å². The van der Waals surface area contributed by atoms with Gasteiger partial charge in [0.15, 0.2) is 0 Å². The highest BCUT2D eigenvalue weighted by Crippen LogP contribution is 2.46. The molecule has 25 heavy (non-hydrogen) atoms. The third-order valence-electron chi connectivity index (χ3n) is 4.47. The van der Waals surface area contributed by atoms with Crippen LogP contribution in [0, 0.1) is 0 Å². The van der Waals surface area contributed by atoms with Crippen molar-refractivity contribution in [2.24, 2.45) is 4.99 Å². The average Bonchev–Trinajstić information content (AvgIpc) is 2.99. The SMILES string of the molecule is CN=Cc1cc(-c2ccc3cc(C4(O)CC(F)C4)sc3n2)cnc1N. The standard InChI is InChI=1S/C18H17FN4OS/c1-21-8-12-4-11(9-22-16(12)20)14-3-2-10-5-15(25-17(10)23-14)18(24)6-13(19)7-18/h2-5,8-9,13,24H,6-7H2,1H3,(H2,20,22). The van der Waals surface area contributed by atoms with E-state index in [4.69, 9.17) is 5.73 Å². The van der Waals surface area contributed by atoms with Crippen LogP contribution in [0.25, 0.3) is 21.5 Å². The zero-order chi connectivity index (χ0) is 17.6. The van der Waals surface area contributed by atoms with Crippen LogP contribution in [0.3, 0.4) is 0 Å². The molecule has 0 aromatic carbocycles. The van der Waals surface area contributed by atoms with Crippen molar-refractivity contribution in [2.75, 3.05) is 12.8 Å². The van der Waals surface area contributed by atoms with Crippen LogP contribution < -0.4 is 5.73 Å². The van der Waals surface area contributed by atoms with Crippen molar-refractivity contribution >= 4 is 33.6 Å². The lowest BCUT2D eigenvalue weighted by Crippen LogP contribution is -2.41. The Balaban J connectivity index is 1.73. The topological polar surface area (TPSA) is 84.4 Å². The van der Waals surface area contributed by atoms with Crippen LogP contribution in [-0.4, -0.2) is 34.5 Å². The highest BCUT2D eigenvalue weighted by Gasteiger charge is 2.45. The minimum atomic E-state index is -1.04. The fraction of sp³-hybridized carbons (Fsp3) is 0.278. The van der Waals surface area contributed by atoms with E-state index in [1.54, 1.807) is 19.5 Å². The second-order valence-corrected chi connectivity index (χ2v) is 7.36. The number of aliphatic imine (C=N–C) groups is 1. The summed E-state index contributed by atoms with van der Waals surface area (Å²) in [7, 11) is 1.68. The molecule has 0 amide bonds. The van der Waals surface area contributed by atoms with E-state index in [2.05, 4.69) is 15.0 Å². The molecule has 7 heteroatoms. The highest BCUT2D eigenvalue weighted by atomic mass is 32.1. The van der Waals surface area contributed by atoms with Gasteiger partial charge in [-0.1, -0.05) is 0 Å². The number of nitrogens with zero attached hydrogens (tertiary/aromatic N) is 3. The number of aromatic nitrogens is 2. The fourth-order valence-electron chi connectivity index (χ4n) is 3.06. The molecule has 1 saturated carbocycles. The number of aliphatic hydroxyl groups is 1. The van der Waals surface area contributed by atoms with Crippen LogP contribution >= 0.6 is 11.3 Å². The second-order valence-electron chi connectivity index (χ2n) is 6.32. The maximum Gasteiger partial charge on any atom is 0.132 e. The monoisotopic (exact) mass is 356 g/mol. The molecule has 128 valence electrons. The van der Waals surface area contributed by atoms with Gasteiger partial charge in [0.05, 0.1) is 5.69 Å². The molecular weight excluding hydrogens is 339 g/mol. The Labute approximate surface area is 148 Å². The van der Waals surface area contributed by atoms with Crippen molar-refractivity contribution in [1.29, 1.82) is 0 Å². The van der Waals surface area contributed by atoms with E-state index in [1.807, 2.05) is 24.3 Å². The summed E-state index contributed by atoms with van der Waals surface area (Å²) >= 11 is 1.41. The van der Waals surface area contributed by atoms with Gasteiger partial charge in [0.2, 0.25) is 0 Å². The first-order valence-electron chi connectivity index (χ1n) is 7.94. The molecule has 1 aliphatic carbocycles. The molecule has 0 unspecified atom stereocenters. The van der Waals surface area contributed by atoms with Gasteiger partial charge in [-0.2, -0.15) is 0 Å². The van der Waals surface area contributed by atoms with Crippen molar-refractivity contribution in [3.05, 3.63) is 40.9 Å². The highest BCUT2D eigenvalue weighted by molar-refractivity contribution is 7.18. The molecule has 1 fully saturated rings. The Hall–Kier alpha value is -2.38. The van der Waals surface area contributed by atoms with Gasteiger partial charge < -0.3 is 10.8 Å². The largest absolute Gasteiger partial charge is 0.384 e. The van der Waals surface area contributed by atoms with Crippen LogP contribution in [0.1, 0.15) is 23.3 Å². The van der Waals surface area contributed by atoms with Crippen LogP contribution in [-0.2, 0) is 5.60 Å². The molecular formula is C18H17FN4OS. The number of pyridine rings is 2. The van der Waals surface area contributed by atoms with Crippen LogP contribution in [0.2, 0.25) is 0 Å². The lowest BCUT2D eigenvalue weighted by atomic mass is 9.77. The summed E-state index contributed by atoms with van der Waals surface area (Å²) in [6.07, 6.45) is 2.74. The smallest absolute Gasteiger partial charge is 0.132 e. The van der Waals surface area contributed by atoms with Crippen LogP contribution in [0.15, 0.2) is 35.5 Å². The third-order valence-corrected chi connectivity index (χ3v) is 5.71. The summed E-state index contributed by atoms with van der Waals surface area (Å²) in [6.45, 7) is 0. The molecule has 0 saturated heterocycles. The number of hydrogen-bond donors (Lipinski definition) is 2. The summed E-state index contributed by atoms with van der Waals surface area (Å²) in [4.78, 5) is 14.4. The molecule has 0 aliphatic heterocycles. The first-order chi connectivity index (χ1) is 12.0. The summed E-state index contributed by atoms with van der Waals surface area (Å²) < 4.78 is 13.2. The number of thiophene rings is 1. The first-order valence-corrected chi connectivity index (χ1v) is 8.76. The molecule has 0 bridgehead atoms. The number of nitrogens with two attached hydrogens (primary N) is 1. The van der Waals surface area contributed by atoms with Gasteiger partial charge in [-0.15, -0.1) is 11.3 Å². The van der Waals surface area contributed by atoms with E-state index in [0.717, 1.165) is 31.9 Å².